The molecule has 0 spiro atoms. The van der Waals surface area contributed by atoms with Crippen molar-refractivity contribution in [2.75, 3.05) is 19.8 Å². The number of ether oxygens (including phenoxy) is 5. The molecule has 256 valence electrons. The van der Waals surface area contributed by atoms with Gasteiger partial charge < -0.3 is 95.4 Å². The number of hydrogen-bond donors (Lipinski definition) is 14. The second-order valence-electron chi connectivity index (χ2n) is 11.4. The van der Waals surface area contributed by atoms with Gasteiger partial charge >= 0.3 is 0 Å². The van der Waals surface area contributed by atoms with Crippen molar-refractivity contribution in [1.82, 2.24) is 5.32 Å². The SMILES string of the molecule is CC1OC(O)C(O)C(O)C1NC1C=C(CO)C(OC2OC(CO)C(OC3OC(CO)C(O)C(O)C3O)C(O)C2O)C(O)C1O. The molecule has 0 aromatic rings. The van der Waals surface area contributed by atoms with Crippen LogP contribution in [0.2, 0.25) is 0 Å². The van der Waals surface area contributed by atoms with Gasteiger partial charge in [0.1, 0.15) is 79.4 Å². The smallest absolute Gasteiger partial charge is 0.187 e. The van der Waals surface area contributed by atoms with E-state index in [1.807, 2.05) is 0 Å². The minimum Gasteiger partial charge on any atom is -0.394 e. The summed E-state index contributed by atoms with van der Waals surface area (Å²) in [6.45, 7) is -0.850. The van der Waals surface area contributed by atoms with E-state index >= 15 is 0 Å². The fraction of sp³-hybridized carbons (Fsp3) is 0.920. The van der Waals surface area contributed by atoms with Crippen LogP contribution in [0, 0.1) is 0 Å². The highest BCUT2D eigenvalue weighted by Gasteiger charge is 2.52. The second-order valence-corrected chi connectivity index (χ2v) is 11.4. The summed E-state index contributed by atoms with van der Waals surface area (Å²) < 4.78 is 27.2. The Kier molecular flexibility index (Phi) is 12.1. The first-order valence-electron chi connectivity index (χ1n) is 14.1. The number of rotatable bonds is 9. The lowest BCUT2D eigenvalue weighted by Crippen LogP contribution is -2.67. The van der Waals surface area contributed by atoms with Gasteiger partial charge in [0.2, 0.25) is 0 Å². The number of aliphatic hydroxyl groups is 13. The summed E-state index contributed by atoms with van der Waals surface area (Å²) in [5, 5.41) is 136. The van der Waals surface area contributed by atoms with Gasteiger partial charge in [-0.05, 0) is 12.5 Å². The van der Waals surface area contributed by atoms with Crippen LogP contribution in [0.25, 0.3) is 0 Å². The van der Waals surface area contributed by atoms with Crippen LogP contribution in [0.4, 0.5) is 0 Å². The van der Waals surface area contributed by atoms with Crippen molar-refractivity contribution in [3.63, 3.8) is 0 Å². The number of hydrogen-bond acceptors (Lipinski definition) is 19. The molecule has 3 saturated heterocycles. The van der Waals surface area contributed by atoms with Crippen LogP contribution < -0.4 is 5.32 Å². The van der Waals surface area contributed by atoms with E-state index in [0.29, 0.717) is 0 Å². The number of aliphatic hydroxyl groups excluding tert-OH is 13. The molecule has 0 aromatic carbocycles. The largest absolute Gasteiger partial charge is 0.394 e. The third-order valence-corrected chi connectivity index (χ3v) is 8.47. The molecule has 0 radical (unpaired) electrons. The average Bonchev–Trinajstić information content (AvgIpc) is 3.00. The van der Waals surface area contributed by atoms with Gasteiger partial charge in [0.15, 0.2) is 18.9 Å². The summed E-state index contributed by atoms with van der Waals surface area (Å²) in [5.74, 6) is 0. The van der Waals surface area contributed by atoms with Crippen LogP contribution in [0.15, 0.2) is 11.6 Å². The first kappa shape index (κ1) is 35.8. The van der Waals surface area contributed by atoms with Crippen LogP contribution in [-0.4, -0.2) is 203 Å². The Hall–Kier alpha value is -1.02. The topological polar surface area (TPSA) is 321 Å². The highest BCUT2D eigenvalue weighted by atomic mass is 16.7. The maximum Gasteiger partial charge on any atom is 0.187 e. The summed E-state index contributed by atoms with van der Waals surface area (Å²) in [6, 6.07) is -2.16. The Morgan fingerprint density at radius 2 is 1.23 bits per heavy atom. The van der Waals surface area contributed by atoms with Gasteiger partial charge in [-0.3, -0.25) is 0 Å². The van der Waals surface area contributed by atoms with Crippen molar-refractivity contribution in [2.24, 2.45) is 0 Å². The molecule has 3 aliphatic heterocycles. The van der Waals surface area contributed by atoms with Crippen molar-refractivity contribution >= 4 is 0 Å². The third kappa shape index (κ3) is 6.96. The van der Waals surface area contributed by atoms with E-state index in [9.17, 15) is 66.4 Å². The summed E-state index contributed by atoms with van der Waals surface area (Å²) in [7, 11) is 0. The van der Waals surface area contributed by atoms with Crippen LogP contribution in [0.3, 0.4) is 0 Å². The van der Waals surface area contributed by atoms with E-state index in [4.69, 9.17) is 23.7 Å². The quantitative estimate of drug-likeness (QED) is 0.103. The van der Waals surface area contributed by atoms with E-state index in [1.165, 1.54) is 13.0 Å². The predicted octanol–water partition coefficient (Wildman–Crippen LogP) is -8.56. The highest BCUT2D eigenvalue weighted by Crippen LogP contribution is 2.33. The molecule has 1 aliphatic carbocycles. The standard InChI is InChI=1S/C25H43NO18/c1-6-11(14(32)18(36)23(39)40-6)26-8-2-7(3-27)21(16(34)12(8)30)43-25-20(38)17(35)22(10(5-29)42-25)44-24-19(37)15(33)13(31)9(4-28)41-24/h2,6,8-39H,3-5H2,1H3. The van der Waals surface area contributed by atoms with E-state index < -0.39 is 136 Å². The maximum absolute atomic E-state index is 10.9. The van der Waals surface area contributed by atoms with E-state index in [2.05, 4.69) is 5.32 Å². The molecule has 4 aliphatic rings. The molecular formula is C25H43NO18. The van der Waals surface area contributed by atoms with Crippen molar-refractivity contribution in [1.29, 1.82) is 0 Å². The molecule has 44 heavy (non-hydrogen) atoms. The molecule has 19 atom stereocenters. The molecule has 19 heteroatoms. The Morgan fingerprint density at radius 1 is 0.636 bits per heavy atom. The normalized spacial score (nSPS) is 52.0. The summed E-state index contributed by atoms with van der Waals surface area (Å²) in [4.78, 5) is 0. The van der Waals surface area contributed by atoms with Gasteiger partial charge in [-0.2, -0.15) is 0 Å². The van der Waals surface area contributed by atoms with Crippen LogP contribution in [0.5, 0.6) is 0 Å². The zero-order valence-electron chi connectivity index (χ0n) is 23.5. The third-order valence-electron chi connectivity index (χ3n) is 8.47. The van der Waals surface area contributed by atoms with Crippen molar-refractivity contribution < 1.29 is 90.1 Å². The number of nitrogens with one attached hydrogen (secondary N) is 1. The van der Waals surface area contributed by atoms with Gasteiger partial charge in [0.25, 0.3) is 0 Å². The predicted molar refractivity (Wildman–Crippen MR) is 138 cm³/mol. The Morgan fingerprint density at radius 3 is 1.84 bits per heavy atom. The van der Waals surface area contributed by atoms with Gasteiger partial charge in [-0.25, -0.2) is 0 Å². The molecule has 19 unspecified atom stereocenters. The average molecular weight is 646 g/mol. The molecule has 0 amide bonds. The zero-order chi connectivity index (χ0) is 32.6. The first-order valence-corrected chi connectivity index (χ1v) is 14.1. The molecule has 0 bridgehead atoms. The summed E-state index contributed by atoms with van der Waals surface area (Å²) in [6.07, 6.45) is -26.6. The van der Waals surface area contributed by atoms with Gasteiger partial charge in [-0.1, -0.05) is 6.08 Å². The summed E-state index contributed by atoms with van der Waals surface area (Å²) >= 11 is 0. The molecule has 3 heterocycles. The van der Waals surface area contributed by atoms with Crippen LogP contribution in [0.1, 0.15) is 6.92 Å². The fourth-order valence-electron chi connectivity index (χ4n) is 5.80. The molecule has 14 N–H and O–H groups in total. The van der Waals surface area contributed by atoms with E-state index in [0.717, 1.165) is 0 Å². The minimum atomic E-state index is -1.95. The molecule has 4 rings (SSSR count). The monoisotopic (exact) mass is 645 g/mol. The Bertz CT molecular complexity index is 958. The minimum absolute atomic E-state index is 0.0229. The lowest BCUT2D eigenvalue weighted by Gasteiger charge is -2.47. The van der Waals surface area contributed by atoms with Crippen molar-refractivity contribution in [2.45, 2.75) is 123 Å². The van der Waals surface area contributed by atoms with Crippen LogP contribution in [-0.2, 0) is 23.7 Å². The Balaban J connectivity index is 1.46. The second kappa shape index (κ2) is 14.8. The maximum atomic E-state index is 10.9. The summed E-state index contributed by atoms with van der Waals surface area (Å²) in [5.41, 5.74) is -0.0229. The highest BCUT2D eigenvalue weighted by molar-refractivity contribution is 5.23. The van der Waals surface area contributed by atoms with Gasteiger partial charge in [0.05, 0.1) is 38.0 Å². The van der Waals surface area contributed by atoms with E-state index in [1.54, 1.807) is 0 Å². The zero-order valence-corrected chi connectivity index (χ0v) is 23.5. The van der Waals surface area contributed by atoms with Crippen molar-refractivity contribution in [3.05, 3.63) is 11.6 Å². The lowest BCUT2D eigenvalue weighted by atomic mass is 9.86. The molecule has 0 saturated carbocycles. The molecule has 3 fully saturated rings. The molecule has 19 nitrogen and oxygen atoms in total. The van der Waals surface area contributed by atoms with Crippen LogP contribution >= 0.6 is 0 Å². The lowest BCUT2D eigenvalue weighted by molar-refractivity contribution is -0.364. The van der Waals surface area contributed by atoms with Crippen molar-refractivity contribution in [3.8, 4) is 0 Å². The fourth-order valence-corrected chi connectivity index (χ4v) is 5.80. The Labute approximate surface area is 250 Å². The van der Waals surface area contributed by atoms with E-state index in [-0.39, 0.29) is 5.57 Å². The first-order chi connectivity index (χ1) is 20.7. The van der Waals surface area contributed by atoms with Gasteiger partial charge in [0, 0.05) is 0 Å². The molecule has 0 aromatic heterocycles. The van der Waals surface area contributed by atoms with Gasteiger partial charge in [-0.15, -0.1) is 0 Å². The molecular weight excluding hydrogens is 602 g/mol.